The number of nitrogen functional groups attached to an aromatic ring is 1. The van der Waals surface area contributed by atoms with E-state index in [1.165, 1.54) is 24.8 Å². The van der Waals surface area contributed by atoms with E-state index in [2.05, 4.69) is 32.1 Å². The molecule has 5 nitrogen and oxygen atoms in total. The average molecular weight is 498 g/mol. The monoisotopic (exact) mass is 497 g/mol. The summed E-state index contributed by atoms with van der Waals surface area (Å²) >= 11 is 0. The van der Waals surface area contributed by atoms with E-state index in [9.17, 15) is 10.4 Å². The molecule has 3 fully saturated rings. The van der Waals surface area contributed by atoms with Crippen LogP contribution in [0.3, 0.4) is 0 Å². The Kier molecular flexibility index (Phi) is 5.88. The Balaban J connectivity index is 1.36. The molecule has 3 N–H and O–H groups in total. The first-order valence-electron chi connectivity index (χ1n) is 14.0. The maximum atomic E-state index is 10.3. The van der Waals surface area contributed by atoms with Crippen molar-refractivity contribution in [2.75, 3.05) is 12.8 Å². The Morgan fingerprint density at radius 1 is 1.11 bits per heavy atom. The van der Waals surface area contributed by atoms with Crippen LogP contribution in [0, 0.1) is 39.9 Å². The van der Waals surface area contributed by atoms with Gasteiger partial charge in [0.05, 0.1) is 13.2 Å². The van der Waals surface area contributed by atoms with Gasteiger partial charge in [-0.2, -0.15) is 5.26 Å². The molecule has 4 aliphatic carbocycles. The van der Waals surface area contributed by atoms with Gasteiger partial charge in [0.2, 0.25) is 0 Å². The molecule has 2 aromatic rings. The number of aromatic nitrogens is 1. The van der Waals surface area contributed by atoms with Crippen molar-refractivity contribution in [3.05, 3.63) is 53.2 Å². The first-order valence-corrected chi connectivity index (χ1v) is 14.0. The molecule has 0 spiro atoms. The highest BCUT2D eigenvalue weighted by Crippen LogP contribution is 2.68. The van der Waals surface area contributed by atoms with Crippen molar-refractivity contribution < 1.29 is 9.84 Å². The predicted octanol–water partition coefficient (Wildman–Crippen LogP) is 6.62. The lowest BCUT2D eigenvalue weighted by molar-refractivity contribution is -0.0412. The zero-order valence-electron chi connectivity index (χ0n) is 22.3. The number of fused-ring (bicyclic) bond motifs is 5. The van der Waals surface area contributed by atoms with Gasteiger partial charge in [0, 0.05) is 17.2 Å². The fourth-order valence-electron chi connectivity index (χ4n) is 9.03. The number of nitriles is 1. The second-order valence-electron chi connectivity index (χ2n) is 12.5. The van der Waals surface area contributed by atoms with E-state index in [-0.39, 0.29) is 16.9 Å². The Hall–Kier alpha value is -2.84. The van der Waals surface area contributed by atoms with Gasteiger partial charge in [-0.25, -0.2) is 4.98 Å². The summed E-state index contributed by atoms with van der Waals surface area (Å²) in [7, 11) is 1.66. The van der Waals surface area contributed by atoms with Crippen molar-refractivity contribution in [2.24, 2.45) is 28.6 Å². The molecule has 194 valence electrons. The molecule has 5 heteroatoms. The predicted molar refractivity (Wildman–Crippen MR) is 146 cm³/mol. The number of ether oxygens (including phenoxy) is 1. The van der Waals surface area contributed by atoms with Crippen LogP contribution in [0.25, 0.3) is 11.1 Å². The number of allylic oxidation sites excluding steroid dienone is 1. The number of aliphatic hydroxyl groups excluding tert-OH is 1. The highest BCUT2D eigenvalue weighted by atomic mass is 16.5. The van der Waals surface area contributed by atoms with Gasteiger partial charge in [0.25, 0.3) is 0 Å². The molecule has 4 aliphatic rings. The maximum absolute atomic E-state index is 10.3. The van der Waals surface area contributed by atoms with Crippen molar-refractivity contribution >= 4 is 5.82 Å². The van der Waals surface area contributed by atoms with Gasteiger partial charge >= 0.3 is 0 Å². The number of hydrogen-bond acceptors (Lipinski definition) is 5. The fourth-order valence-corrected chi connectivity index (χ4v) is 9.03. The summed E-state index contributed by atoms with van der Waals surface area (Å²) in [4.78, 5) is 4.87. The number of nitrogens with two attached hydrogens (primary N) is 1. The third-order valence-electron chi connectivity index (χ3n) is 11.0. The first kappa shape index (κ1) is 24.5. The van der Waals surface area contributed by atoms with Gasteiger partial charge in [-0.3, -0.25) is 0 Å². The zero-order chi connectivity index (χ0) is 25.9. The van der Waals surface area contributed by atoms with Crippen LogP contribution in [-0.2, 0) is 0 Å². The number of methoxy groups -OCH3 is 1. The van der Waals surface area contributed by atoms with Gasteiger partial charge in [0.1, 0.15) is 23.2 Å². The van der Waals surface area contributed by atoms with Crippen LogP contribution in [0.5, 0.6) is 5.75 Å². The SMILES string of the molecule is COc1cccc(-c2cc([C@H]3CC[C@H]4[C@@H]5CC=C6C[C@@H](O)CC[C@]6(C)[C@H]5CC[C@]34C)nc(N)c2C#N)c1. The van der Waals surface area contributed by atoms with E-state index in [1.54, 1.807) is 7.11 Å². The number of pyridine rings is 1. The van der Waals surface area contributed by atoms with E-state index in [0.717, 1.165) is 54.7 Å². The normalized spacial score (nSPS) is 36.5. The minimum absolute atomic E-state index is 0.160. The Labute approximate surface area is 220 Å². The lowest BCUT2D eigenvalue weighted by atomic mass is 9.47. The number of hydrogen-bond donors (Lipinski definition) is 2. The van der Waals surface area contributed by atoms with Gasteiger partial charge in [-0.1, -0.05) is 37.6 Å². The summed E-state index contributed by atoms with van der Waals surface area (Å²) in [6.07, 6.45) is 11.2. The zero-order valence-corrected chi connectivity index (χ0v) is 22.3. The van der Waals surface area contributed by atoms with Crippen LogP contribution < -0.4 is 10.5 Å². The summed E-state index contributed by atoms with van der Waals surface area (Å²) in [5.74, 6) is 3.50. The topological polar surface area (TPSA) is 92.2 Å². The standard InChI is InChI=1S/C32H39N3O2/c1-31-13-11-21(36)16-20(31)7-8-23-26-9-10-28(32(26,2)14-12-27(23)31)29-17-24(25(18-33)30(34)35-29)19-5-4-6-22(15-19)37-3/h4-7,15,17,21,23,26-28,36H,8-14,16H2,1-3H3,(H2,34,35)/t21-,23-,26-,27-,28+,31-,32-/m0/s1. The van der Waals surface area contributed by atoms with E-state index >= 15 is 0 Å². The molecule has 1 heterocycles. The lowest BCUT2D eigenvalue weighted by Gasteiger charge is -2.58. The van der Waals surface area contributed by atoms with Crippen LogP contribution in [-0.4, -0.2) is 23.3 Å². The molecule has 0 amide bonds. The summed E-state index contributed by atoms with van der Waals surface area (Å²) in [6, 6.07) is 12.3. The molecule has 37 heavy (non-hydrogen) atoms. The molecular formula is C32H39N3O2. The molecule has 0 aliphatic heterocycles. The number of rotatable bonds is 3. The van der Waals surface area contributed by atoms with E-state index in [1.807, 2.05) is 24.3 Å². The largest absolute Gasteiger partial charge is 0.497 e. The van der Waals surface area contributed by atoms with Crippen LogP contribution in [0.15, 0.2) is 42.0 Å². The molecule has 0 radical (unpaired) electrons. The molecule has 0 unspecified atom stereocenters. The third kappa shape index (κ3) is 3.71. The molecule has 3 saturated carbocycles. The fraction of sp³-hybridized carbons (Fsp3) is 0.562. The van der Waals surface area contributed by atoms with Crippen molar-refractivity contribution in [2.45, 2.75) is 77.2 Å². The highest BCUT2D eigenvalue weighted by Gasteiger charge is 2.59. The Morgan fingerprint density at radius 3 is 2.73 bits per heavy atom. The Bertz CT molecular complexity index is 1300. The number of nitrogens with zero attached hydrogens (tertiary/aromatic N) is 2. The molecule has 1 aromatic heterocycles. The second-order valence-corrected chi connectivity index (χ2v) is 12.5. The summed E-state index contributed by atoms with van der Waals surface area (Å²) < 4.78 is 5.45. The molecule has 0 bridgehead atoms. The van der Waals surface area contributed by atoms with Gasteiger partial charge in [0.15, 0.2) is 0 Å². The molecule has 7 atom stereocenters. The third-order valence-corrected chi connectivity index (χ3v) is 11.0. The van der Waals surface area contributed by atoms with E-state index < -0.39 is 0 Å². The first-order chi connectivity index (χ1) is 17.8. The van der Waals surface area contributed by atoms with Crippen molar-refractivity contribution in [1.82, 2.24) is 4.98 Å². The quantitative estimate of drug-likeness (QED) is 0.465. The van der Waals surface area contributed by atoms with Crippen molar-refractivity contribution in [3.63, 3.8) is 0 Å². The summed E-state index contributed by atoms with van der Waals surface area (Å²) in [5.41, 5.74) is 11.7. The van der Waals surface area contributed by atoms with Crippen LogP contribution >= 0.6 is 0 Å². The molecule has 6 rings (SSSR count). The minimum atomic E-state index is -0.160. The number of aliphatic hydroxyl groups is 1. The van der Waals surface area contributed by atoms with Gasteiger partial charge in [-0.15, -0.1) is 0 Å². The van der Waals surface area contributed by atoms with E-state index in [4.69, 9.17) is 15.5 Å². The Morgan fingerprint density at radius 2 is 1.95 bits per heavy atom. The van der Waals surface area contributed by atoms with Crippen molar-refractivity contribution in [3.8, 4) is 22.9 Å². The van der Waals surface area contributed by atoms with Gasteiger partial charge in [-0.05, 0) is 104 Å². The second kappa shape index (κ2) is 8.88. The smallest absolute Gasteiger partial charge is 0.142 e. The van der Waals surface area contributed by atoms with Crippen LogP contribution in [0.1, 0.15) is 82.4 Å². The van der Waals surface area contributed by atoms with Gasteiger partial charge < -0.3 is 15.6 Å². The summed E-state index contributed by atoms with van der Waals surface area (Å²) in [6.45, 7) is 4.99. The molecule has 1 aromatic carbocycles. The number of anilines is 1. The lowest BCUT2D eigenvalue weighted by Crippen LogP contribution is -2.50. The van der Waals surface area contributed by atoms with Crippen molar-refractivity contribution in [1.29, 1.82) is 5.26 Å². The molecule has 0 saturated heterocycles. The molecular weight excluding hydrogens is 458 g/mol. The highest BCUT2D eigenvalue weighted by molar-refractivity contribution is 5.76. The average Bonchev–Trinajstić information content (AvgIpc) is 3.26. The van der Waals surface area contributed by atoms with Crippen LogP contribution in [0.4, 0.5) is 5.82 Å². The maximum Gasteiger partial charge on any atom is 0.142 e. The van der Waals surface area contributed by atoms with E-state index in [0.29, 0.717) is 35.1 Å². The minimum Gasteiger partial charge on any atom is -0.497 e. The van der Waals surface area contributed by atoms with Crippen LogP contribution in [0.2, 0.25) is 0 Å². The number of benzene rings is 1. The summed E-state index contributed by atoms with van der Waals surface area (Å²) in [5, 5.41) is 20.2.